The molecular formula is C24H24O12. The van der Waals surface area contributed by atoms with Gasteiger partial charge in [-0.1, -0.05) is 12.1 Å². The van der Waals surface area contributed by atoms with Crippen LogP contribution in [0.5, 0.6) is 5.75 Å². The van der Waals surface area contributed by atoms with Gasteiger partial charge in [0.2, 0.25) is 12.4 Å². The van der Waals surface area contributed by atoms with Crippen molar-refractivity contribution in [3.05, 3.63) is 41.5 Å². The lowest BCUT2D eigenvalue weighted by Gasteiger charge is -2.44. The number of carbonyl (C=O) groups excluding carboxylic acids is 6. The molecule has 0 spiro atoms. The minimum Gasteiger partial charge on any atom is -0.463 e. The van der Waals surface area contributed by atoms with Gasteiger partial charge in [-0.05, 0) is 18.2 Å². The highest BCUT2D eigenvalue weighted by Gasteiger charge is 2.53. The average molecular weight is 504 g/mol. The Bertz CT molecular complexity index is 1120. The van der Waals surface area contributed by atoms with Gasteiger partial charge in [-0.25, -0.2) is 0 Å². The summed E-state index contributed by atoms with van der Waals surface area (Å²) in [5.74, 6) is -4.05. The van der Waals surface area contributed by atoms with Crippen molar-refractivity contribution in [2.75, 3.05) is 6.61 Å². The predicted octanol–water partition coefficient (Wildman–Crippen LogP) is 1.08. The average Bonchev–Trinajstić information content (AvgIpc) is 2.78. The van der Waals surface area contributed by atoms with Gasteiger partial charge >= 0.3 is 23.9 Å². The lowest BCUT2D eigenvalue weighted by atomic mass is 9.94. The van der Waals surface area contributed by atoms with Crippen molar-refractivity contribution in [2.45, 2.75) is 58.4 Å². The van der Waals surface area contributed by atoms with Crippen molar-refractivity contribution in [2.24, 2.45) is 0 Å². The molecule has 1 aromatic carbocycles. The zero-order chi connectivity index (χ0) is 26.6. The van der Waals surface area contributed by atoms with Gasteiger partial charge < -0.3 is 28.4 Å². The van der Waals surface area contributed by atoms with E-state index in [4.69, 9.17) is 28.4 Å². The second-order valence-electron chi connectivity index (χ2n) is 7.93. The lowest BCUT2D eigenvalue weighted by Crippen LogP contribution is -2.63. The first-order valence-corrected chi connectivity index (χ1v) is 10.8. The second-order valence-corrected chi connectivity index (χ2v) is 7.93. The smallest absolute Gasteiger partial charge is 0.303 e. The number of carbonyl (C=O) groups is 6. The zero-order valence-electron chi connectivity index (χ0n) is 19.9. The van der Waals surface area contributed by atoms with Crippen LogP contribution in [0.25, 0.3) is 0 Å². The number of allylic oxidation sites excluding steroid dienone is 2. The van der Waals surface area contributed by atoms with Gasteiger partial charge in [0.15, 0.2) is 23.8 Å². The maximum Gasteiger partial charge on any atom is 0.303 e. The lowest BCUT2D eigenvalue weighted by molar-refractivity contribution is -0.288. The summed E-state index contributed by atoms with van der Waals surface area (Å²) < 4.78 is 32.8. The standard InChI is InChI=1S/C24H24O12/c1-11(25)31-10-19-21(32-12(2)26)22(33-13(3)27)23(34-14(4)28)24(36-19)35-18-7-5-6-15-16(29)8-9-17(30)20(15)18/h5-9,19,21-24H,10H2,1-4H3/t19-,21+,22+,23-,24-/m1/s1. The summed E-state index contributed by atoms with van der Waals surface area (Å²) in [6.45, 7) is 3.99. The first kappa shape index (κ1) is 26.5. The minimum atomic E-state index is -1.54. The van der Waals surface area contributed by atoms with Gasteiger partial charge in [-0.15, -0.1) is 0 Å². The van der Waals surface area contributed by atoms with Crippen LogP contribution in [0.15, 0.2) is 30.4 Å². The molecule has 1 heterocycles. The molecule has 5 atom stereocenters. The molecule has 1 aromatic rings. The molecule has 0 aromatic heterocycles. The van der Waals surface area contributed by atoms with Crippen LogP contribution in [0.1, 0.15) is 48.4 Å². The van der Waals surface area contributed by atoms with Gasteiger partial charge in [0.05, 0.1) is 5.56 Å². The molecule has 0 amide bonds. The van der Waals surface area contributed by atoms with E-state index in [1.807, 2.05) is 0 Å². The molecule has 0 unspecified atom stereocenters. The van der Waals surface area contributed by atoms with E-state index in [1.165, 1.54) is 18.2 Å². The van der Waals surface area contributed by atoms with E-state index in [0.29, 0.717) is 0 Å². The third-order valence-corrected chi connectivity index (χ3v) is 5.12. The van der Waals surface area contributed by atoms with Gasteiger partial charge in [0, 0.05) is 33.3 Å². The number of rotatable bonds is 7. The van der Waals surface area contributed by atoms with Gasteiger partial charge in [-0.2, -0.15) is 0 Å². The Labute approximate surface area is 205 Å². The molecule has 192 valence electrons. The van der Waals surface area contributed by atoms with E-state index < -0.39 is 72.8 Å². The Morgan fingerprint density at radius 1 is 0.778 bits per heavy atom. The van der Waals surface area contributed by atoms with Gasteiger partial charge in [0.25, 0.3) is 0 Å². The molecule has 0 bridgehead atoms. The molecule has 0 N–H and O–H groups in total. The molecule has 1 aliphatic carbocycles. The van der Waals surface area contributed by atoms with Crippen molar-refractivity contribution in [3.8, 4) is 5.75 Å². The van der Waals surface area contributed by atoms with Crippen molar-refractivity contribution in [1.82, 2.24) is 0 Å². The highest BCUT2D eigenvalue weighted by Crippen LogP contribution is 2.34. The Morgan fingerprint density at radius 3 is 1.97 bits per heavy atom. The maximum atomic E-state index is 12.5. The molecular weight excluding hydrogens is 480 g/mol. The first-order valence-electron chi connectivity index (χ1n) is 10.8. The molecule has 3 rings (SSSR count). The number of fused-ring (bicyclic) bond motifs is 1. The topological polar surface area (TPSA) is 158 Å². The Hall–Kier alpha value is -4.06. The third kappa shape index (κ3) is 6.13. The number of hydrogen-bond acceptors (Lipinski definition) is 12. The molecule has 12 heteroatoms. The molecule has 2 aliphatic rings. The normalized spacial score (nSPS) is 24.8. The van der Waals surface area contributed by atoms with Crippen molar-refractivity contribution in [1.29, 1.82) is 0 Å². The predicted molar refractivity (Wildman–Crippen MR) is 117 cm³/mol. The van der Waals surface area contributed by atoms with Crippen LogP contribution in [0.2, 0.25) is 0 Å². The SMILES string of the molecule is CC(=O)OC[C@H]1O[C@@H](Oc2cccc3c2C(=O)C=CC3=O)[C@H](OC(C)=O)[C@@H](OC(C)=O)[C@H]1OC(C)=O. The van der Waals surface area contributed by atoms with E-state index in [9.17, 15) is 28.8 Å². The number of esters is 4. The quantitative estimate of drug-likeness (QED) is 0.385. The summed E-state index contributed by atoms with van der Waals surface area (Å²) in [4.78, 5) is 71.9. The Balaban J connectivity index is 2.06. The fraction of sp³-hybridized carbons (Fsp3) is 0.417. The monoisotopic (exact) mass is 504 g/mol. The summed E-state index contributed by atoms with van der Waals surface area (Å²) in [6.07, 6.45) is -4.82. The van der Waals surface area contributed by atoms with E-state index in [2.05, 4.69) is 0 Å². The summed E-state index contributed by atoms with van der Waals surface area (Å²) in [5, 5.41) is 0. The van der Waals surface area contributed by atoms with Crippen LogP contribution in [0.3, 0.4) is 0 Å². The highest BCUT2D eigenvalue weighted by molar-refractivity contribution is 6.23. The van der Waals surface area contributed by atoms with E-state index in [-0.39, 0.29) is 16.9 Å². The van der Waals surface area contributed by atoms with Gasteiger partial charge in [-0.3, -0.25) is 28.8 Å². The van der Waals surface area contributed by atoms with Crippen LogP contribution in [0, 0.1) is 0 Å². The van der Waals surface area contributed by atoms with Crippen molar-refractivity contribution < 1.29 is 57.2 Å². The minimum absolute atomic E-state index is 0.0437. The van der Waals surface area contributed by atoms with Crippen molar-refractivity contribution in [3.63, 3.8) is 0 Å². The molecule has 1 saturated heterocycles. The molecule has 0 radical (unpaired) electrons. The fourth-order valence-corrected chi connectivity index (χ4v) is 3.82. The second kappa shape index (κ2) is 11.1. The molecule has 36 heavy (non-hydrogen) atoms. The summed E-state index contributed by atoms with van der Waals surface area (Å²) in [6, 6.07) is 4.32. The number of ketones is 2. The number of hydrogen-bond donors (Lipinski definition) is 0. The third-order valence-electron chi connectivity index (χ3n) is 5.12. The van der Waals surface area contributed by atoms with Crippen LogP contribution in [-0.2, 0) is 42.9 Å². The maximum absolute atomic E-state index is 12.5. The van der Waals surface area contributed by atoms with Crippen molar-refractivity contribution >= 4 is 35.4 Å². The molecule has 1 fully saturated rings. The Morgan fingerprint density at radius 2 is 1.36 bits per heavy atom. The summed E-state index contributed by atoms with van der Waals surface area (Å²) in [5.41, 5.74) is 0.0449. The Kier molecular flexibility index (Phi) is 8.20. The van der Waals surface area contributed by atoms with Gasteiger partial charge in [0.1, 0.15) is 18.5 Å². The largest absolute Gasteiger partial charge is 0.463 e. The van der Waals surface area contributed by atoms with E-state index in [0.717, 1.165) is 39.8 Å². The van der Waals surface area contributed by atoms with Crippen LogP contribution in [-0.4, -0.2) is 72.8 Å². The number of benzene rings is 1. The number of ether oxygens (including phenoxy) is 6. The summed E-state index contributed by atoms with van der Waals surface area (Å²) >= 11 is 0. The van der Waals surface area contributed by atoms with Crippen LogP contribution < -0.4 is 4.74 Å². The highest BCUT2D eigenvalue weighted by atomic mass is 16.7. The summed E-state index contributed by atoms with van der Waals surface area (Å²) in [7, 11) is 0. The fourth-order valence-electron chi connectivity index (χ4n) is 3.82. The van der Waals surface area contributed by atoms with Crippen LogP contribution >= 0.6 is 0 Å². The van der Waals surface area contributed by atoms with E-state index >= 15 is 0 Å². The molecule has 0 saturated carbocycles. The molecule has 12 nitrogen and oxygen atoms in total. The molecule has 1 aliphatic heterocycles. The van der Waals surface area contributed by atoms with E-state index in [1.54, 1.807) is 0 Å². The first-order chi connectivity index (χ1) is 17.0. The zero-order valence-corrected chi connectivity index (χ0v) is 19.9. The van der Waals surface area contributed by atoms with Crippen LogP contribution in [0.4, 0.5) is 0 Å².